The molecule has 0 bridgehead atoms. The van der Waals surface area contributed by atoms with Gasteiger partial charge in [-0.15, -0.1) is 0 Å². The van der Waals surface area contributed by atoms with Gasteiger partial charge in [-0.3, -0.25) is 0 Å². The summed E-state index contributed by atoms with van der Waals surface area (Å²) in [6, 6.07) is 9.85. The van der Waals surface area contributed by atoms with E-state index in [0.717, 1.165) is 5.56 Å². The predicted molar refractivity (Wildman–Crippen MR) is 77.2 cm³/mol. The van der Waals surface area contributed by atoms with Gasteiger partial charge in [-0.05, 0) is 43.8 Å². The second kappa shape index (κ2) is 7.03. The Bertz CT molecular complexity index is 376. The molecule has 0 saturated carbocycles. The van der Waals surface area contributed by atoms with Crippen LogP contribution in [-0.4, -0.2) is 20.6 Å². The van der Waals surface area contributed by atoms with Crippen molar-refractivity contribution in [2.24, 2.45) is 5.73 Å². The summed E-state index contributed by atoms with van der Waals surface area (Å²) < 4.78 is 0. The number of aliphatic hydroxyl groups excluding tert-OH is 2. The SMILES string of the molecule is CC(C)(NC(O)=S)c1ccccc1.NC(O)=S. The second-order valence-electron chi connectivity index (χ2n) is 3.76. The maximum atomic E-state index is 8.97. The van der Waals surface area contributed by atoms with Crippen LogP contribution in [0.25, 0.3) is 0 Å². The molecule has 0 spiro atoms. The van der Waals surface area contributed by atoms with Gasteiger partial charge in [-0.2, -0.15) is 0 Å². The van der Waals surface area contributed by atoms with Crippen LogP contribution >= 0.6 is 24.4 Å². The lowest BCUT2D eigenvalue weighted by Gasteiger charge is -2.26. The van der Waals surface area contributed by atoms with Gasteiger partial charge in [0, 0.05) is 0 Å². The van der Waals surface area contributed by atoms with E-state index >= 15 is 0 Å². The molecule has 0 heterocycles. The number of hydrogen-bond donors (Lipinski definition) is 4. The van der Waals surface area contributed by atoms with E-state index in [2.05, 4.69) is 35.5 Å². The molecular weight excluding hydrogens is 256 g/mol. The Hall–Kier alpha value is -1.40. The van der Waals surface area contributed by atoms with Crippen molar-refractivity contribution in [1.82, 2.24) is 5.32 Å². The average molecular weight is 272 g/mol. The third kappa shape index (κ3) is 7.48. The van der Waals surface area contributed by atoms with Crippen LogP contribution in [0.2, 0.25) is 0 Å². The zero-order chi connectivity index (χ0) is 13.5. The van der Waals surface area contributed by atoms with E-state index in [4.69, 9.17) is 10.2 Å². The summed E-state index contributed by atoms with van der Waals surface area (Å²) in [4.78, 5) is 0. The Morgan fingerprint density at radius 2 is 1.59 bits per heavy atom. The largest absolute Gasteiger partial charge is 0.487 e. The summed E-state index contributed by atoms with van der Waals surface area (Å²) in [6.07, 6.45) is 0. The summed E-state index contributed by atoms with van der Waals surface area (Å²) >= 11 is 8.46. The first-order valence-electron chi connectivity index (χ1n) is 4.80. The Labute approximate surface area is 111 Å². The number of thiocarbonyl (C=S) groups is 2. The predicted octanol–water partition coefficient (Wildman–Crippen LogP) is 2.14. The highest BCUT2D eigenvalue weighted by Gasteiger charge is 2.20. The fourth-order valence-corrected chi connectivity index (χ4v) is 1.45. The standard InChI is InChI=1S/C10H13NOS.CH3NOS/c1-10(2,11-9(12)13)8-6-4-3-5-7-8;2-1(3)4/h3-7H,1-2H3,(H2,11,12,13);(H3,2,3,4). The Balaban J connectivity index is 0.000000557. The molecule has 6 heteroatoms. The molecule has 94 valence electrons. The van der Waals surface area contributed by atoms with Crippen LogP contribution < -0.4 is 11.1 Å². The third-order valence-electron chi connectivity index (χ3n) is 1.91. The van der Waals surface area contributed by atoms with Gasteiger partial charge in [0.1, 0.15) is 0 Å². The highest BCUT2D eigenvalue weighted by atomic mass is 32.1. The van der Waals surface area contributed by atoms with Crippen LogP contribution in [0.1, 0.15) is 19.4 Å². The first-order valence-corrected chi connectivity index (χ1v) is 5.62. The molecule has 1 aromatic rings. The minimum atomic E-state index is -0.500. The molecular formula is C11H16N2O2S2. The fraction of sp³-hybridized carbons (Fsp3) is 0.273. The average Bonchev–Trinajstić information content (AvgIpc) is 2.16. The summed E-state index contributed by atoms with van der Waals surface area (Å²) in [5.74, 6) is 0. The Kier molecular flexibility index (Phi) is 6.45. The molecule has 0 aliphatic heterocycles. The molecule has 0 fully saturated rings. The first-order chi connectivity index (χ1) is 7.75. The molecule has 1 aromatic carbocycles. The minimum absolute atomic E-state index is 0.172. The molecule has 0 unspecified atom stereocenters. The number of hydrogen-bond acceptors (Lipinski definition) is 2. The van der Waals surface area contributed by atoms with Gasteiger partial charge < -0.3 is 21.3 Å². The Morgan fingerprint density at radius 1 is 1.18 bits per heavy atom. The van der Waals surface area contributed by atoms with E-state index < -0.39 is 5.17 Å². The fourth-order valence-electron chi connectivity index (χ4n) is 1.19. The third-order valence-corrected chi connectivity index (χ3v) is 2.02. The van der Waals surface area contributed by atoms with Gasteiger partial charge in [0.05, 0.1) is 5.54 Å². The lowest BCUT2D eigenvalue weighted by atomic mass is 9.95. The number of aliphatic hydroxyl groups is 2. The van der Waals surface area contributed by atoms with Crippen molar-refractivity contribution in [2.75, 3.05) is 0 Å². The molecule has 0 amide bonds. The van der Waals surface area contributed by atoms with Gasteiger partial charge >= 0.3 is 0 Å². The Morgan fingerprint density at radius 3 is 1.94 bits per heavy atom. The smallest absolute Gasteiger partial charge is 0.254 e. The molecule has 17 heavy (non-hydrogen) atoms. The van der Waals surface area contributed by atoms with Crippen molar-refractivity contribution in [1.29, 1.82) is 0 Å². The van der Waals surface area contributed by atoms with Crippen molar-refractivity contribution in [2.45, 2.75) is 19.4 Å². The van der Waals surface area contributed by atoms with Crippen LogP contribution in [0, 0.1) is 0 Å². The lowest BCUT2D eigenvalue weighted by molar-refractivity contribution is 0.427. The molecule has 0 saturated heterocycles. The molecule has 5 N–H and O–H groups in total. The quantitative estimate of drug-likeness (QED) is 0.618. The van der Waals surface area contributed by atoms with E-state index in [-0.39, 0.29) is 10.7 Å². The monoisotopic (exact) mass is 272 g/mol. The normalized spacial score (nSPS) is 9.76. The maximum absolute atomic E-state index is 8.97. The number of rotatable bonds is 2. The van der Waals surface area contributed by atoms with Gasteiger partial charge in [0.2, 0.25) is 0 Å². The van der Waals surface area contributed by atoms with Gasteiger partial charge in [-0.25, -0.2) is 0 Å². The topological polar surface area (TPSA) is 78.5 Å². The van der Waals surface area contributed by atoms with Crippen LogP contribution in [-0.2, 0) is 5.54 Å². The summed E-state index contributed by atoms with van der Waals surface area (Å²) in [5, 5.41) is 18.7. The molecule has 0 atom stereocenters. The van der Waals surface area contributed by atoms with Gasteiger partial charge in [0.15, 0.2) is 0 Å². The van der Waals surface area contributed by atoms with E-state index in [9.17, 15) is 0 Å². The van der Waals surface area contributed by atoms with Gasteiger partial charge in [-0.1, -0.05) is 30.3 Å². The summed E-state index contributed by atoms with van der Waals surface area (Å²) in [6.45, 7) is 3.93. The number of benzene rings is 1. The number of nitrogens with one attached hydrogen (secondary N) is 1. The highest BCUT2D eigenvalue weighted by molar-refractivity contribution is 7.80. The molecule has 0 aliphatic rings. The van der Waals surface area contributed by atoms with Crippen molar-refractivity contribution in [3.8, 4) is 0 Å². The van der Waals surface area contributed by atoms with E-state index in [0.29, 0.717) is 0 Å². The second-order valence-corrected chi connectivity index (χ2v) is 4.56. The summed E-state index contributed by atoms with van der Waals surface area (Å²) in [5.41, 5.74) is 5.16. The van der Waals surface area contributed by atoms with Crippen molar-refractivity contribution in [3.63, 3.8) is 0 Å². The van der Waals surface area contributed by atoms with E-state index in [1.54, 1.807) is 0 Å². The number of nitrogens with two attached hydrogens (primary N) is 1. The first kappa shape index (κ1) is 15.6. The van der Waals surface area contributed by atoms with Crippen LogP contribution in [0.3, 0.4) is 0 Å². The lowest BCUT2D eigenvalue weighted by Crippen LogP contribution is -2.39. The van der Waals surface area contributed by atoms with Crippen LogP contribution in [0.15, 0.2) is 30.3 Å². The molecule has 0 aromatic heterocycles. The summed E-state index contributed by atoms with van der Waals surface area (Å²) in [7, 11) is 0. The van der Waals surface area contributed by atoms with Crippen LogP contribution in [0.5, 0.6) is 0 Å². The maximum Gasteiger partial charge on any atom is 0.254 e. The molecule has 1 rings (SSSR count). The van der Waals surface area contributed by atoms with Gasteiger partial charge in [0.25, 0.3) is 10.3 Å². The van der Waals surface area contributed by atoms with Crippen molar-refractivity contribution >= 4 is 34.8 Å². The highest BCUT2D eigenvalue weighted by Crippen LogP contribution is 2.18. The molecule has 4 nitrogen and oxygen atoms in total. The van der Waals surface area contributed by atoms with Crippen molar-refractivity contribution < 1.29 is 10.2 Å². The zero-order valence-corrected chi connectivity index (χ0v) is 11.3. The van der Waals surface area contributed by atoms with E-state index in [1.165, 1.54) is 0 Å². The van der Waals surface area contributed by atoms with Crippen LogP contribution in [0.4, 0.5) is 0 Å². The van der Waals surface area contributed by atoms with E-state index in [1.807, 2.05) is 44.2 Å². The zero-order valence-electron chi connectivity index (χ0n) is 9.68. The minimum Gasteiger partial charge on any atom is -0.487 e. The molecule has 0 aliphatic carbocycles. The van der Waals surface area contributed by atoms with Crippen molar-refractivity contribution in [3.05, 3.63) is 35.9 Å². The molecule has 0 radical (unpaired) electrons.